The van der Waals surface area contributed by atoms with Crippen molar-refractivity contribution in [1.29, 1.82) is 0 Å². The molecular formula is C19H27NO4. The highest BCUT2D eigenvalue weighted by Crippen LogP contribution is 2.35. The van der Waals surface area contributed by atoms with Gasteiger partial charge in [0.25, 0.3) is 0 Å². The zero-order valence-corrected chi connectivity index (χ0v) is 14.5. The van der Waals surface area contributed by atoms with Crippen molar-refractivity contribution in [3.8, 4) is 5.75 Å². The number of para-hydroxylation sites is 1. The van der Waals surface area contributed by atoms with Crippen molar-refractivity contribution in [3.63, 3.8) is 0 Å². The fourth-order valence-corrected chi connectivity index (χ4v) is 3.43. The Bertz CT molecular complexity index is 568. The maximum atomic E-state index is 12.6. The molecule has 1 saturated carbocycles. The Balaban J connectivity index is 1.58. The highest BCUT2D eigenvalue weighted by molar-refractivity contribution is 5.77. The molecule has 1 aromatic carbocycles. The maximum Gasteiger partial charge on any atom is 0.225 e. The first-order valence-electron chi connectivity index (χ1n) is 8.71. The summed E-state index contributed by atoms with van der Waals surface area (Å²) >= 11 is 0. The third-order valence-electron chi connectivity index (χ3n) is 4.78. The van der Waals surface area contributed by atoms with E-state index < -0.39 is 11.2 Å². The van der Waals surface area contributed by atoms with Crippen LogP contribution in [0.25, 0.3) is 0 Å². The Morgan fingerprint density at radius 3 is 2.67 bits per heavy atom. The molecule has 0 aromatic heterocycles. The first kappa shape index (κ1) is 17.2. The molecule has 0 bridgehead atoms. The fraction of sp³-hybridized carbons (Fsp3) is 0.632. The minimum Gasteiger partial charge on any atom is -0.491 e. The number of ether oxygens (including phenoxy) is 2. The molecule has 1 aromatic rings. The van der Waals surface area contributed by atoms with Crippen molar-refractivity contribution >= 4 is 5.91 Å². The molecule has 1 heterocycles. The SMILES string of the molecule is CC1(C)CN(C(=O)CC2(O)CCC2)C[C@@H](COc2ccccc2)O1. The van der Waals surface area contributed by atoms with Crippen LogP contribution in [0.5, 0.6) is 5.75 Å². The Morgan fingerprint density at radius 1 is 1.33 bits per heavy atom. The van der Waals surface area contributed by atoms with Crippen molar-refractivity contribution < 1.29 is 19.4 Å². The van der Waals surface area contributed by atoms with Crippen molar-refractivity contribution in [2.75, 3.05) is 19.7 Å². The molecule has 0 radical (unpaired) electrons. The van der Waals surface area contributed by atoms with Gasteiger partial charge >= 0.3 is 0 Å². The van der Waals surface area contributed by atoms with E-state index in [0.717, 1.165) is 25.0 Å². The monoisotopic (exact) mass is 333 g/mol. The lowest BCUT2D eigenvalue weighted by atomic mass is 9.77. The van der Waals surface area contributed by atoms with E-state index in [1.807, 2.05) is 49.1 Å². The third-order valence-corrected chi connectivity index (χ3v) is 4.78. The number of carbonyl (C=O) groups is 1. The second-order valence-electron chi connectivity index (χ2n) is 7.65. The predicted molar refractivity (Wildman–Crippen MR) is 90.9 cm³/mol. The number of carbonyl (C=O) groups excluding carboxylic acids is 1. The second kappa shape index (κ2) is 6.73. The molecule has 1 amide bonds. The number of hydrogen-bond acceptors (Lipinski definition) is 4. The first-order chi connectivity index (χ1) is 11.4. The smallest absolute Gasteiger partial charge is 0.225 e. The van der Waals surface area contributed by atoms with Crippen LogP contribution in [0, 0.1) is 0 Å². The molecule has 1 saturated heterocycles. The molecule has 1 atom stereocenters. The minimum absolute atomic E-state index is 0.0123. The summed E-state index contributed by atoms with van der Waals surface area (Å²) in [6, 6.07) is 9.61. The number of aliphatic hydroxyl groups is 1. The van der Waals surface area contributed by atoms with E-state index in [-0.39, 0.29) is 18.4 Å². The van der Waals surface area contributed by atoms with E-state index in [2.05, 4.69) is 0 Å². The van der Waals surface area contributed by atoms with Gasteiger partial charge in [-0.15, -0.1) is 0 Å². The minimum atomic E-state index is -0.782. The molecule has 0 unspecified atom stereocenters. The van der Waals surface area contributed by atoms with Gasteiger partial charge in [0.2, 0.25) is 5.91 Å². The van der Waals surface area contributed by atoms with Crippen molar-refractivity contribution in [3.05, 3.63) is 30.3 Å². The van der Waals surface area contributed by atoms with Gasteiger partial charge in [-0.05, 0) is 45.2 Å². The van der Waals surface area contributed by atoms with Crippen molar-refractivity contribution in [1.82, 2.24) is 4.90 Å². The quantitative estimate of drug-likeness (QED) is 0.899. The summed E-state index contributed by atoms with van der Waals surface area (Å²) in [6.45, 7) is 5.43. The normalized spacial score (nSPS) is 25.0. The number of benzene rings is 1. The summed E-state index contributed by atoms with van der Waals surface area (Å²) < 4.78 is 11.9. The topological polar surface area (TPSA) is 59.0 Å². The molecular weight excluding hydrogens is 306 g/mol. The molecule has 1 aliphatic heterocycles. The summed E-state index contributed by atoms with van der Waals surface area (Å²) in [5.41, 5.74) is -1.20. The van der Waals surface area contributed by atoms with E-state index in [9.17, 15) is 9.90 Å². The van der Waals surface area contributed by atoms with E-state index >= 15 is 0 Å². The van der Waals surface area contributed by atoms with Crippen molar-refractivity contribution in [2.45, 2.75) is 56.8 Å². The molecule has 2 fully saturated rings. The van der Waals surface area contributed by atoms with Gasteiger partial charge in [0.05, 0.1) is 24.2 Å². The summed E-state index contributed by atoms with van der Waals surface area (Å²) in [7, 11) is 0. The van der Waals surface area contributed by atoms with Crippen LogP contribution < -0.4 is 4.74 Å². The lowest BCUT2D eigenvalue weighted by Gasteiger charge is -2.44. The number of rotatable bonds is 5. The van der Waals surface area contributed by atoms with Crippen LogP contribution in [0.15, 0.2) is 30.3 Å². The van der Waals surface area contributed by atoms with Crippen LogP contribution in [-0.4, -0.2) is 52.9 Å². The van der Waals surface area contributed by atoms with Gasteiger partial charge in [-0.1, -0.05) is 18.2 Å². The van der Waals surface area contributed by atoms with E-state index in [4.69, 9.17) is 9.47 Å². The largest absolute Gasteiger partial charge is 0.491 e. The van der Waals surface area contributed by atoms with Gasteiger partial charge in [-0.2, -0.15) is 0 Å². The molecule has 24 heavy (non-hydrogen) atoms. The molecule has 3 rings (SSSR count). The predicted octanol–water partition coefficient (Wildman–Crippen LogP) is 2.38. The van der Waals surface area contributed by atoms with E-state index in [1.54, 1.807) is 0 Å². The Morgan fingerprint density at radius 2 is 2.04 bits per heavy atom. The van der Waals surface area contributed by atoms with Crippen LogP contribution in [0.3, 0.4) is 0 Å². The molecule has 1 N–H and O–H groups in total. The fourth-order valence-electron chi connectivity index (χ4n) is 3.43. The van der Waals surface area contributed by atoms with Gasteiger partial charge in [-0.3, -0.25) is 4.79 Å². The number of morpholine rings is 1. The van der Waals surface area contributed by atoms with Gasteiger partial charge in [0.1, 0.15) is 18.5 Å². The lowest BCUT2D eigenvalue weighted by molar-refractivity contribution is -0.170. The van der Waals surface area contributed by atoms with Gasteiger partial charge in [-0.25, -0.2) is 0 Å². The highest BCUT2D eigenvalue weighted by atomic mass is 16.5. The van der Waals surface area contributed by atoms with Crippen LogP contribution >= 0.6 is 0 Å². The summed E-state index contributed by atoms with van der Waals surface area (Å²) in [4.78, 5) is 14.4. The van der Waals surface area contributed by atoms with Crippen LogP contribution in [0.2, 0.25) is 0 Å². The lowest BCUT2D eigenvalue weighted by Crippen LogP contribution is -2.57. The zero-order chi connectivity index (χ0) is 17.2. The zero-order valence-electron chi connectivity index (χ0n) is 14.5. The van der Waals surface area contributed by atoms with E-state index in [1.165, 1.54) is 0 Å². The molecule has 5 heteroatoms. The third kappa shape index (κ3) is 4.28. The number of nitrogens with zero attached hydrogens (tertiary/aromatic N) is 1. The average Bonchev–Trinajstić information content (AvgIpc) is 2.51. The Labute approximate surface area is 143 Å². The summed E-state index contributed by atoms with van der Waals surface area (Å²) in [6.07, 6.45) is 2.51. The van der Waals surface area contributed by atoms with Gasteiger partial charge in [0.15, 0.2) is 0 Å². The Kier molecular flexibility index (Phi) is 4.83. The molecule has 5 nitrogen and oxygen atoms in total. The average molecular weight is 333 g/mol. The second-order valence-corrected chi connectivity index (χ2v) is 7.65. The summed E-state index contributed by atoms with van der Waals surface area (Å²) in [5.74, 6) is 0.810. The number of amides is 1. The van der Waals surface area contributed by atoms with Gasteiger partial charge in [0, 0.05) is 6.54 Å². The molecule has 0 spiro atoms. The Hall–Kier alpha value is -1.59. The van der Waals surface area contributed by atoms with Crippen LogP contribution in [-0.2, 0) is 9.53 Å². The van der Waals surface area contributed by atoms with Crippen LogP contribution in [0.4, 0.5) is 0 Å². The highest BCUT2D eigenvalue weighted by Gasteiger charge is 2.41. The number of hydrogen-bond donors (Lipinski definition) is 1. The van der Waals surface area contributed by atoms with Crippen molar-refractivity contribution in [2.24, 2.45) is 0 Å². The summed E-state index contributed by atoms with van der Waals surface area (Å²) in [5, 5.41) is 10.3. The molecule has 2 aliphatic rings. The maximum absolute atomic E-state index is 12.6. The van der Waals surface area contributed by atoms with Crippen LogP contribution in [0.1, 0.15) is 39.5 Å². The van der Waals surface area contributed by atoms with Gasteiger partial charge < -0.3 is 19.5 Å². The standard InChI is InChI=1S/C19H27NO4/c1-18(2)14-20(17(21)11-19(22)9-6-10-19)12-16(24-18)13-23-15-7-4-3-5-8-15/h3-5,7-8,16,22H,6,9-14H2,1-2H3/t16-/m0/s1. The molecule has 1 aliphatic carbocycles. The van der Waals surface area contributed by atoms with E-state index in [0.29, 0.717) is 19.7 Å². The molecule has 132 valence electrons. The first-order valence-corrected chi connectivity index (χ1v) is 8.71.